The van der Waals surface area contributed by atoms with E-state index in [0.29, 0.717) is 25.8 Å². The highest BCUT2D eigenvalue weighted by atomic mass is 32.2. The molecule has 1 saturated carbocycles. The third kappa shape index (κ3) is 6.23. The number of carbonyl (C=O) groups is 1. The maximum Gasteiger partial charge on any atom is 0.241 e. The summed E-state index contributed by atoms with van der Waals surface area (Å²) >= 11 is 0. The molecule has 1 amide bonds. The van der Waals surface area contributed by atoms with Gasteiger partial charge in [-0.25, -0.2) is 17.5 Å². The number of aliphatic hydroxyl groups excluding tert-OH is 1. The molecule has 168 valence electrons. The number of amides is 1. The van der Waals surface area contributed by atoms with Crippen LogP contribution in [0.25, 0.3) is 0 Å². The predicted octanol–water partition coefficient (Wildman–Crippen LogP) is 2.10. The molecule has 0 unspecified atom stereocenters. The Hall–Kier alpha value is -1.55. The molecular formula is C21H31FN2O5S. The van der Waals surface area contributed by atoms with Crippen LogP contribution >= 0.6 is 0 Å². The second-order valence-electron chi connectivity index (χ2n) is 8.16. The van der Waals surface area contributed by atoms with Crippen LogP contribution in [0.3, 0.4) is 0 Å². The van der Waals surface area contributed by atoms with Crippen molar-refractivity contribution in [3.63, 3.8) is 0 Å². The average Bonchev–Trinajstić information content (AvgIpc) is 2.75. The second-order valence-corrected chi connectivity index (χ2v) is 9.87. The van der Waals surface area contributed by atoms with Crippen LogP contribution in [0, 0.1) is 11.7 Å². The van der Waals surface area contributed by atoms with Gasteiger partial charge in [-0.1, -0.05) is 25.3 Å². The number of sulfonamides is 1. The van der Waals surface area contributed by atoms with Crippen LogP contribution in [0.5, 0.6) is 0 Å². The smallest absolute Gasteiger partial charge is 0.241 e. The van der Waals surface area contributed by atoms with Crippen LogP contribution in [0.4, 0.5) is 4.39 Å². The number of rotatable bonds is 8. The minimum Gasteiger partial charge on any atom is -0.394 e. The van der Waals surface area contributed by atoms with Gasteiger partial charge in [0, 0.05) is 12.5 Å². The molecule has 0 bridgehead atoms. The molecular weight excluding hydrogens is 411 g/mol. The molecule has 3 atom stereocenters. The van der Waals surface area contributed by atoms with Crippen LogP contribution in [0.15, 0.2) is 29.2 Å². The highest BCUT2D eigenvalue weighted by Crippen LogP contribution is 2.25. The topological polar surface area (TPSA) is 105 Å². The molecule has 0 radical (unpaired) electrons. The predicted molar refractivity (Wildman–Crippen MR) is 110 cm³/mol. The van der Waals surface area contributed by atoms with E-state index in [1.165, 1.54) is 24.6 Å². The molecule has 0 spiro atoms. The number of carbonyl (C=O) groups excluding carboxylic acids is 1. The summed E-state index contributed by atoms with van der Waals surface area (Å²) in [6.45, 7) is 0.166. The van der Waals surface area contributed by atoms with Crippen molar-refractivity contribution in [2.45, 2.75) is 74.5 Å². The maximum atomic E-state index is 13.4. The van der Waals surface area contributed by atoms with Crippen LogP contribution in [-0.4, -0.2) is 50.8 Å². The Labute approximate surface area is 177 Å². The number of aliphatic hydroxyl groups is 1. The Kier molecular flexibility index (Phi) is 8.21. The minimum atomic E-state index is -3.92. The van der Waals surface area contributed by atoms with Gasteiger partial charge in [-0.3, -0.25) is 4.79 Å². The lowest BCUT2D eigenvalue weighted by Gasteiger charge is -2.36. The summed E-state index contributed by atoms with van der Waals surface area (Å²) in [5.74, 6) is -0.422. The van der Waals surface area contributed by atoms with Crippen LogP contribution < -0.4 is 10.0 Å². The van der Waals surface area contributed by atoms with Crippen molar-refractivity contribution in [3.8, 4) is 0 Å². The zero-order valence-corrected chi connectivity index (χ0v) is 17.9. The lowest BCUT2D eigenvalue weighted by Crippen LogP contribution is -2.51. The quantitative estimate of drug-likeness (QED) is 0.572. The summed E-state index contributed by atoms with van der Waals surface area (Å²) in [5, 5.41) is 12.7. The highest BCUT2D eigenvalue weighted by Gasteiger charge is 2.34. The van der Waals surface area contributed by atoms with E-state index in [4.69, 9.17) is 4.74 Å². The van der Waals surface area contributed by atoms with E-state index in [0.717, 1.165) is 31.7 Å². The molecule has 2 fully saturated rings. The number of halogens is 1. The fourth-order valence-corrected chi connectivity index (χ4v) is 5.58. The van der Waals surface area contributed by atoms with E-state index in [-0.39, 0.29) is 29.4 Å². The molecule has 7 nitrogen and oxygen atoms in total. The number of benzene rings is 1. The Balaban J connectivity index is 1.48. The van der Waals surface area contributed by atoms with Gasteiger partial charge in [0.1, 0.15) is 5.82 Å². The zero-order valence-electron chi connectivity index (χ0n) is 17.1. The van der Waals surface area contributed by atoms with Crippen LogP contribution in [0.1, 0.15) is 51.4 Å². The lowest BCUT2D eigenvalue weighted by atomic mass is 9.88. The molecule has 1 saturated heterocycles. The molecule has 2 aliphatic rings. The largest absolute Gasteiger partial charge is 0.394 e. The van der Waals surface area contributed by atoms with E-state index in [9.17, 15) is 22.7 Å². The fourth-order valence-electron chi connectivity index (χ4n) is 4.25. The summed E-state index contributed by atoms with van der Waals surface area (Å²) in [7, 11) is -3.92. The number of nitrogens with one attached hydrogen (secondary N) is 2. The summed E-state index contributed by atoms with van der Waals surface area (Å²) < 4.78 is 46.8. The fraction of sp³-hybridized carbons (Fsp3) is 0.667. The van der Waals surface area contributed by atoms with Gasteiger partial charge in [-0.05, 0) is 50.3 Å². The Morgan fingerprint density at radius 3 is 2.63 bits per heavy atom. The number of ether oxygens (including phenoxy) is 1. The van der Waals surface area contributed by atoms with E-state index in [2.05, 4.69) is 10.0 Å². The molecule has 3 N–H and O–H groups in total. The van der Waals surface area contributed by atoms with Crippen molar-refractivity contribution >= 4 is 15.9 Å². The van der Waals surface area contributed by atoms with Gasteiger partial charge in [-0.15, -0.1) is 0 Å². The van der Waals surface area contributed by atoms with E-state index >= 15 is 0 Å². The van der Waals surface area contributed by atoms with Crippen LogP contribution in [-0.2, 0) is 19.6 Å². The third-order valence-electron chi connectivity index (χ3n) is 5.95. The van der Waals surface area contributed by atoms with Gasteiger partial charge in [0.25, 0.3) is 0 Å². The molecule has 1 heterocycles. The van der Waals surface area contributed by atoms with Crippen molar-refractivity contribution in [1.82, 2.24) is 10.0 Å². The zero-order chi connectivity index (χ0) is 21.6. The lowest BCUT2D eigenvalue weighted by molar-refractivity contribution is -0.126. The highest BCUT2D eigenvalue weighted by molar-refractivity contribution is 7.89. The third-order valence-corrected chi connectivity index (χ3v) is 7.44. The van der Waals surface area contributed by atoms with E-state index in [1.807, 2.05) is 0 Å². The van der Waals surface area contributed by atoms with Crippen molar-refractivity contribution < 1.29 is 27.4 Å². The van der Waals surface area contributed by atoms with Crippen molar-refractivity contribution in [2.24, 2.45) is 5.92 Å². The Bertz CT molecular complexity index is 813. The average molecular weight is 443 g/mol. The van der Waals surface area contributed by atoms with Crippen molar-refractivity contribution in [1.29, 1.82) is 0 Å². The summed E-state index contributed by atoms with van der Waals surface area (Å²) in [6.07, 6.45) is 6.16. The molecule has 1 aliphatic heterocycles. The molecule has 1 aliphatic carbocycles. The normalized spacial score (nSPS) is 25.7. The Morgan fingerprint density at radius 1 is 1.17 bits per heavy atom. The van der Waals surface area contributed by atoms with Gasteiger partial charge >= 0.3 is 0 Å². The SMILES string of the molecule is O=C(NCC[C@H]1CC[C@@H](NS(=O)(=O)c2cccc(F)c2)[C@@H](CO)O1)C1CCCCC1. The van der Waals surface area contributed by atoms with Crippen LogP contribution in [0.2, 0.25) is 0 Å². The summed E-state index contributed by atoms with van der Waals surface area (Å²) in [4.78, 5) is 12.1. The van der Waals surface area contributed by atoms with E-state index < -0.39 is 28.0 Å². The molecule has 1 aromatic rings. The first kappa shape index (κ1) is 23.1. The first-order valence-electron chi connectivity index (χ1n) is 10.7. The van der Waals surface area contributed by atoms with Gasteiger partial charge < -0.3 is 15.2 Å². The number of hydrogen-bond donors (Lipinski definition) is 3. The Morgan fingerprint density at radius 2 is 1.93 bits per heavy atom. The minimum absolute atomic E-state index is 0.102. The maximum absolute atomic E-state index is 13.4. The van der Waals surface area contributed by atoms with Crippen molar-refractivity contribution in [2.75, 3.05) is 13.2 Å². The van der Waals surface area contributed by atoms with Gasteiger partial charge in [0.15, 0.2) is 0 Å². The van der Waals surface area contributed by atoms with Crippen molar-refractivity contribution in [3.05, 3.63) is 30.1 Å². The monoisotopic (exact) mass is 442 g/mol. The number of hydrogen-bond acceptors (Lipinski definition) is 5. The van der Waals surface area contributed by atoms with Gasteiger partial charge in [0.2, 0.25) is 15.9 Å². The summed E-state index contributed by atoms with van der Waals surface area (Å²) in [6, 6.07) is 4.19. The van der Waals surface area contributed by atoms with Gasteiger partial charge in [0.05, 0.1) is 29.8 Å². The first-order valence-corrected chi connectivity index (χ1v) is 12.2. The van der Waals surface area contributed by atoms with Gasteiger partial charge in [-0.2, -0.15) is 0 Å². The first-order chi connectivity index (χ1) is 14.4. The van der Waals surface area contributed by atoms with E-state index in [1.54, 1.807) is 0 Å². The molecule has 1 aromatic carbocycles. The molecule has 30 heavy (non-hydrogen) atoms. The summed E-state index contributed by atoms with van der Waals surface area (Å²) in [5.41, 5.74) is 0. The molecule has 0 aromatic heterocycles. The molecule has 9 heteroatoms. The molecule has 3 rings (SSSR count). The second kappa shape index (κ2) is 10.7. The standard InChI is InChI=1S/C21H31FN2O5S/c22-16-7-4-8-18(13-16)30(27,28)24-19-10-9-17(29-20(19)14-25)11-12-23-21(26)15-5-2-1-3-6-15/h4,7-8,13,15,17,19-20,24-25H,1-3,5-6,9-12,14H2,(H,23,26)/t17-,19-,20-/m1/s1.